The number of carboxylic acids is 2. The van der Waals surface area contributed by atoms with Gasteiger partial charge in [-0.05, 0) is 32.2 Å². The van der Waals surface area contributed by atoms with Gasteiger partial charge in [0.2, 0.25) is 23.6 Å². The SMILES string of the molecule is NCCCCC(NC(=O)C(CCC(N)=O)NC(=O)C(N)CC(=O)O)C(=O)NCC(=O)O. The summed E-state index contributed by atoms with van der Waals surface area (Å²) in [6, 6.07) is -3.90. The molecule has 31 heavy (non-hydrogen) atoms. The molecule has 0 aromatic carbocycles. The largest absolute Gasteiger partial charge is 0.481 e. The van der Waals surface area contributed by atoms with Crippen molar-refractivity contribution >= 4 is 35.6 Å². The van der Waals surface area contributed by atoms with Gasteiger partial charge in [-0.15, -0.1) is 0 Å². The third-order valence-electron chi connectivity index (χ3n) is 4.04. The Balaban J connectivity index is 5.30. The van der Waals surface area contributed by atoms with E-state index in [1.54, 1.807) is 0 Å². The van der Waals surface area contributed by atoms with Crippen molar-refractivity contribution in [1.29, 1.82) is 0 Å². The van der Waals surface area contributed by atoms with E-state index in [9.17, 15) is 28.8 Å². The Bertz CT molecular complexity index is 671. The van der Waals surface area contributed by atoms with Crippen LogP contribution >= 0.6 is 0 Å². The maximum absolute atomic E-state index is 12.7. The zero-order valence-corrected chi connectivity index (χ0v) is 17.0. The van der Waals surface area contributed by atoms with Crippen molar-refractivity contribution in [3.8, 4) is 0 Å². The predicted molar refractivity (Wildman–Crippen MR) is 106 cm³/mol. The first-order chi connectivity index (χ1) is 14.5. The number of hydrogen-bond acceptors (Lipinski definition) is 8. The molecule has 3 unspecified atom stereocenters. The lowest BCUT2D eigenvalue weighted by molar-refractivity contribution is -0.139. The second-order valence-corrected chi connectivity index (χ2v) is 6.73. The van der Waals surface area contributed by atoms with Gasteiger partial charge in [0.1, 0.15) is 18.6 Å². The molecular formula is C17H30N6O8. The number of rotatable bonds is 16. The molecule has 0 aliphatic rings. The fourth-order valence-corrected chi connectivity index (χ4v) is 2.43. The van der Waals surface area contributed by atoms with Gasteiger partial charge in [0.05, 0.1) is 12.5 Å². The van der Waals surface area contributed by atoms with Crippen molar-refractivity contribution in [1.82, 2.24) is 16.0 Å². The van der Waals surface area contributed by atoms with Gasteiger partial charge >= 0.3 is 11.9 Å². The number of amides is 4. The summed E-state index contributed by atoms with van der Waals surface area (Å²) in [6.45, 7) is -0.315. The first-order valence-corrected chi connectivity index (χ1v) is 9.53. The average molecular weight is 446 g/mol. The van der Waals surface area contributed by atoms with Crippen molar-refractivity contribution in [2.75, 3.05) is 13.1 Å². The molecule has 0 radical (unpaired) electrons. The van der Waals surface area contributed by atoms with E-state index in [1.807, 2.05) is 0 Å². The molecule has 0 heterocycles. The van der Waals surface area contributed by atoms with Crippen LogP contribution in [0.5, 0.6) is 0 Å². The Morgan fingerprint density at radius 1 is 0.806 bits per heavy atom. The highest BCUT2D eigenvalue weighted by molar-refractivity contribution is 5.94. The Hall–Kier alpha value is -3.26. The molecule has 0 saturated carbocycles. The van der Waals surface area contributed by atoms with Crippen LogP contribution in [0.25, 0.3) is 0 Å². The van der Waals surface area contributed by atoms with Crippen LogP contribution in [0, 0.1) is 0 Å². The van der Waals surface area contributed by atoms with Crippen LogP contribution in [-0.4, -0.2) is 77.0 Å². The van der Waals surface area contributed by atoms with E-state index in [4.69, 9.17) is 27.4 Å². The first kappa shape index (κ1) is 27.7. The van der Waals surface area contributed by atoms with Crippen LogP contribution in [-0.2, 0) is 28.8 Å². The fourth-order valence-electron chi connectivity index (χ4n) is 2.43. The van der Waals surface area contributed by atoms with Gasteiger partial charge in [-0.3, -0.25) is 28.8 Å². The molecule has 0 bridgehead atoms. The monoisotopic (exact) mass is 446 g/mol. The number of aliphatic carboxylic acids is 2. The molecule has 0 aromatic rings. The summed E-state index contributed by atoms with van der Waals surface area (Å²) in [5.41, 5.74) is 16.0. The quantitative estimate of drug-likeness (QED) is 0.108. The average Bonchev–Trinajstić information content (AvgIpc) is 2.67. The van der Waals surface area contributed by atoms with Gasteiger partial charge in [-0.2, -0.15) is 0 Å². The smallest absolute Gasteiger partial charge is 0.322 e. The van der Waals surface area contributed by atoms with Gasteiger partial charge in [0, 0.05) is 6.42 Å². The Morgan fingerprint density at radius 2 is 1.39 bits per heavy atom. The summed E-state index contributed by atoms with van der Waals surface area (Å²) < 4.78 is 0. The molecular weight excluding hydrogens is 416 g/mol. The van der Waals surface area contributed by atoms with Crippen LogP contribution in [0.15, 0.2) is 0 Å². The highest BCUT2D eigenvalue weighted by Crippen LogP contribution is 2.05. The Labute approximate surface area is 178 Å². The molecule has 0 saturated heterocycles. The lowest BCUT2D eigenvalue weighted by atomic mass is 10.1. The van der Waals surface area contributed by atoms with E-state index in [0.29, 0.717) is 19.4 Å². The molecule has 14 heteroatoms. The normalized spacial score (nSPS) is 13.4. The summed E-state index contributed by atoms with van der Waals surface area (Å²) in [5, 5.41) is 24.2. The van der Waals surface area contributed by atoms with Gasteiger partial charge in [-0.25, -0.2) is 0 Å². The maximum Gasteiger partial charge on any atom is 0.322 e. The van der Waals surface area contributed by atoms with Crippen molar-refractivity contribution in [3.63, 3.8) is 0 Å². The van der Waals surface area contributed by atoms with Gasteiger partial charge < -0.3 is 43.4 Å². The Kier molecular flexibility index (Phi) is 13.1. The van der Waals surface area contributed by atoms with E-state index in [1.165, 1.54) is 0 Å². The number of nitrogens with one attached hydrogen (secondary N) is 3. The van der Waals surface area contributed by atoms with E-state index < -0.39 is 66.7 Å². The molecule has 0 aliphatic heterocycles. The molecule has 4 amide bonds. The van der Waals surface area contributed by atoms with Gasteiger partial charge in [-0.1, -0.05) is 0 Å². The van der Waals surface area contributed by atoms with E-state index in [-0.39, 0.29) is 19.3 Å². The molecule has 176 valence electrons. The van der Waals surface area contributed by atoms with Crippen LogP contribution in [0.2, 0.25) is 0 Å². The van der Waals surface area contributed by atoms with Crippen LogP contribution in [0.1, 0.15) is 38.5 Å². The molecule has 0 spiro atoms. The Morgan fingerprint density at radius 3 is 1.90 bits per heavy atom. The maximum atomic E-state index is 12.7. The van der Waals surface area contributed by atoms with Crippen molar-refractivity contribution in [2.45, 2.75) is 56.7 Å². The number of nitrogens with two attached hydrogens (primary N) is 3. The van der Waals surface area contributed by atoms with Crippen molar-refractivity contribution in [2.24, 2.45) is 17.2 Å². The molecule has 3 atom stereocenters. The topological polar surface area (TPSA) is 257 Å². The number of carbonyl (C=O) groups is 6. The summed E-state index contributed by atoms with van der Waals surface area (Å²) in [7, 11) is 0. The van der Waals surface area contributed by atoms with Crippen LogP contribution < -0.4 is 33.2 Å². The number of carbonyl (C=O) groups excluding carboxylic acids is 4. The third-order valence-corrected chi connectivity index (χ3v) is 4.04. The lowest BCUT2D eigenvalue weighted by Gasteiger charge is -2.23. The summed E-state index contributed by atoms with van der Waals surface area (Å²) >= 11 is 0. The van der Waals surface area contributed by atoms with Crippen LogP contribution in [0.4, 0.5) is 0 Å². The predicted octanol–water partition coefficient (Wildman–Crippen LogP) is -3.65. The van der Waals surface area contributed by atoms with E-state index in [0.717, 1.165) is 0 Å². The molecule has 0 aromatic heterocycles. The third kappa shape index (κ3) is 12.8. The number of carboxylic acid groups (broad SMARTS) is 2. The van der Waals surface area contributed by atoms with Crippen molar-refractivity contribution in [3.05, 3.63) is 0 Å². The zero-order valence-electron chi connectivity index (χ0n) is 17.0. The molecule has 0 fully saturated rings. The number of unbranched alkanes of at least 4 members (excludes halogenated alkanes) is 1. The second kappa shape index (κ2) is 14.7. The molecule has 0 rings (SSSR count). The minimum Gasteiger partial charge on any atom is -0.481 e. The standard InChI is InChI=1S/C17H30N6O8/c18-6-2-1-3-10(16(30)21-8-14(27)28)23-17(31)11(4-5-12(20)24)22-15(29)9(19)7-13(25)26/h9-11H,1-8,18-19H2,(H2,20,24)(H,21,30)(H,22,29)(H,23,31)(H,25,26)(H,27,28). The molecule has 14 nitrogen and oxygen atoms in total. The molecule has 0 aliphatic carbocycles. The number of primary amides is 1. The minimum atomic E-state index is -1.44. The number of hydrogen-bond donors (Lipinski definition) is 8. The summed E-state index contributed by atoms with van der Waals surface area (Å²) in [4.78, 5) is 69.5. The minimum absolute atomic E-state index is 0.142. The first-order valence-electron chi connectivity index (χ1n) is 9.53. The van der Waals surface area contributed by atoms with E-state index in [2.05, 4.69) is 16.0 Å². The fraction of sp³-hybridized carbons (Fsp3) is 0.647. The highest BCUT2D eigenvalue weighted by Gasteiger charge is 2.29. The van der Waals surface area contributed by atoms with Gasteiger partial charge in [0.15, 0.2) is 0 Å². The lowest BCUT2D eigenvalue weighted by Crippen LogP contribution is -2.56. The zero-order chi connectivity index (χ0) is 24.0. The van der Waals surface area contributed by atoms with Crippen LogP contribution in [0.3, 0.4) is 0 Å². The molecule has 11 N–H and O–H groups in total. The van der Waals surface area contributed by atoms with Crippen molar-refractivity contribution < 1.29 is 39.0 Å². The summed E-state index contributed by atoms with van der Waals surface area (Å²) in [6.07, 6.45) is -0.0541. The highest BCUT2D eigenvalue weighted by atomic mass is 16.4. The van der Waals surface area contributed by atoms with E-state index >= 15 is 0 Å². The second-order valence-electron chi connectivity index (χ2n) is 6.73. The van der Waals surface area contributed by atoms with Gasteiger partial charge in [0.25, 0.3) is 0 Å². The summed E-state index contributed by atoms with van der Waals surface area (Å²) in [5.74, 6) is -5.89.